The lowest BCUT2D eigenvalue weighted by Crippen LogP contribution is -2.44. The summed E-state index contributed by atoms with van der Waals surface area (Å²) < 4.78 is 23.5. The van der Waals surface area contributed by atoms with Gasteiger partial charge in [-0.15, -0.1) is 0 Å². The van der Waals surface area contributed by atoms with Crippen LogP contribution in [0.4, 0.5) is 0 Å². The van der Waals surface area contributed by atoms with Crippen LogP contribution in [0.15, 0.2) is 12.2 Å². The number of methoxy groups -OCH3 is 1. The lowest BCUT2D eigenvalue weighted by molar-refractivity contribution is -0.197. The smallest absolute Gasteiger partial charge is 0.305 e. The molecule has 0 aromatic rings. The van der Waals surface area contributed by atoms with Gasteiger partial charge in [0, 0.05) is 32.0 Å². The molecule has 0 aromatic heterocycles. The minimum Gasteiger partial charge on any atom is -0.469 e. The van der Waals surface area contributed by atoms with Crippen LogP contribution >= 0.6 is 0 Å². The maximum absolute atomic E-state index is 11.2. The van der Waals surface area contributed by atoms with E-state index in [9.17, 15) is 9.90 Å². The van der Waals surface area contributed by atoms with Gasteiger partial charge >= 0.3 is 5.97 Å². The summed E-state index contributed by atoms with van der Waals surface area (Å²) in [7, 11) is -0.480. The molecule has 0 radical (unpaired) electrons. The molecule has 2 fully saturated rings. The van der Waals surface area contributed by atoms with Crippen molar-refractivity contribution < 1.29 is 28.5 Å². The van der Waals surface area contributed by atoms with E-state index in [1.165, 1.54) is 7.11 Å². The second kappa shape index (κ2) is 12.7. The zero-order chi connectivity index (χ0) is 23.8. The molecule has 2 rings (SSSR count). The average molecular weight is 471 g/mol. The van der Waals surface area contributed by atoms with Crippen LogP contribution in [-0.2, 0) is 23.4 Å². The number of rotatable bonds is 11. The molecule has 2 aliphatic rings. The van der Waals surface area contributed by atoms with Crippen LogP contribution in [0.5, 0.6) is 0 Å². The first kappa shape index (κ1) is 27.5. The molecule has 0 amide bonds. The second-order valence-corrected chi connectivity index (χ2v) is 15.7. The Morgan fingerprint density at radius 3 is 2.56 bits per heavy atom. The van der Waals surface area contributed by atoms with E-state index in [1.54, 1.807) is 0 Å². The second-order valence-electron chi connectivity index (χ2n) is 10.8. The summed E-state index contributed by atoms with van der Waals surface area (Å²) in [5.74, 6) is 0.0759. The van der Waals surface area contributed by atoms with Gasteiger partial charge in [0.1, 0.15) is 0 Å². The maximum atomic E-state index is 11.2. The molecule has 5 atom stereocenters. The van der Waals surface area contributed by atoms with Crippen LogP contribution in [-0.4, -0.2) is 58.2 Å². The van der Waals surface area contributed by atoms with Crippen molar-refractivity contribution in [2.24, 2.45) is 11.8 Å². The van der Waals surface area contributed by atoms with E-state index in [2.05, 4.69) is 50.8 Å². The zero-order valence-corrected chi connectivity index (χ0v) is 22.1. The molecule has 186 valence electrons. The van der Waals surface area contributed by atoms with Crippen LogP contribution in [0.2, 0.25) is 18.1 Å². The number of ether oxygens (including phenoxy) is 3. The van der Waals surface area contributed by atoms with Crippen molar-refractivity contribution in [1.29, 1.82) is 0 Å². The van der Waals surface area contributed by atoms with Gasteiger partial charge in [-0.1, -0.05) is 32.9 Å². The molecule has 0 spiro atoms. The SMILES string of the molecule is COC(=O)CCCC=CC[C@H]1C(O)C[C@@H](OC2CCCCO2)[C@@H]1CO[Si](C)(C)C(C)(C)C. The van der Waals surface area contributed by atoms with E-state index in [4.69, 9.17) is 13.9 Å². The molecule has 1 saturated heterocycles. The van der Waals surface area contributed by atoms with Crippen LogP contribution in [0.1, 0.15) is 72.1 Å². The van der Waals surface area contributed by atoms with E-state index in [0.717, 1.165) is 45.1 Å². The molecule has 0 aromatic carbocycles. The topological polar surface area (TPSA) is 74.2 Å². The number of allylic oxidation sites excluding steroid dienone is 2. The minimum absolute atomic E-state index is 0.0457. The van der Waals surface area contributed by atoms with Gasteiger partial charge in [-0.2, -0.15) is 0 Å². The third-order valence-electron chi connectivity index (χ3n) is 7.46. The standard InChI is InChI=1S/C25H46O6Si/c1-25(2,3)32(5,6)30-18-20-19(13-9-7-8-10-14-23(27)28-4)21(26)17-22(20)31-24-15-11-12-16-29-24/h7,9,19-22,24,26H,8,10-18H2,1-6H3/t19-,20-,21?,22-,24?/m1/s1. The van der Waals surface area contributed by atoms with E-state index in [0.29, 0.717) is 19.4 Å². The minimum atomic E-state index is -1.90. The molecule has 1 N–H and O–H groups in total. The fourth-order valence-corrected chi connectivity index (χ4v) is 5.28. The molecule has 2 unspecified atom stereocenters. The Kier molecular flexibility index (Phi) is 10.9. The number of carbonyl (C=O) groups is 1. The maximum Gasteiger partial charge on any atom is 0.305 e. The van der Waals surface area contributed by atoms with Gasteiger partial charge in [-0.25, -0.2) is 0 Å². The van der Waals surface area contributed by atoms with Crippen LogP contribution in [0, 0.1) is 11.8 Å². The molecule has 1 saturated carbocycles. The number of carbonyl (C=O) groups excluding carboxylic acids is 1. The van der Waals surface area contributed by atoms with Gasteiger partial charge in [-0.05, 0) is 62.6 Å². The number of hydrogen-bond donors (Lipinski definition) is 1. The summed E-state index contributed by atoms with van der Waals surface area (Å²) >= 11 is 0. The number of aliphatic hydroxyl groups excluding tert-OH is 1. The summed E-state index contributed by atoms with van der Waals surface area (Å²) in [5.41, 5.74) is 0. The quantitative estimate of drug-likeness (QED) is 0.193. The highest BCUT2D eigenvalue weighted by molar-refractivity contribution is 6.74. The highest BCUT2D eigenvalue weighted by Gasteiger charge is 2.46. The summed E-state index contributed by atoms with van der Waals surface area (Å²) in [6.45, 7) is 12.7. The highest BCUT2D eigenvalue weighted by atomic mass is 28.4. The summed E-state index contributed by atoms with van der Waals surface area (Å²) in [6.07, 6.45) is 10.2. The van der Waals surface area contributed by atoms with E-state index in [1.807, 2.05) is 0 Å². The first-order chi connectivity index (χ1) is 15.0. The van der Waals surface area contributed by atoms with Gasteiger partial charge in [0.15, 0.2) is 14.6 Å². The van der Waals surface area contributed by atoms with Gasteiger partial charge < -0.3 is 23.7 Å². The summed E-state index contributed by atoms with van der Waals surface area (Å²) in [4.78, 5) is 11.2. The Labute approximate surface area is 196 Å². The predicted molar refractivity (Wildman–Crippen MR) is 129 cm³/mol. The zero-order valence-electron chi connectivity index (χ0n) is 21.1. The van der Waals surface area contributed by atoms with Crippen molar-refractivity contribution in [2.45, 2.75) is 109 Å². The lowest BCUT2D eigenvalue weighted by atomic mass is 9.91. The third-order valence-corrected chi connectivity index (χ3v) is 12.0. The van der Waals surface area contributed by atoms with Crippen LogP contribution in [0.3, 0.4) is 0 Å². The summed E-state index contributed by atoms with van der Waals surface area (Å²) in [5, 5.41) is 11.0. The molecular weight excluding hydrogens is 424 g/mol. The van der Waals surface area contributed by atoms with Gasteiger partial charge in [0.25, 0.3) is 0 Å². The molecule has 32 heavy (non-hydrogen) atoms. The first-order valence-electron chi connectivity index (χ1n) is 12.4. The Balaban J connectivity index is 1.99. The molecule has 0 bridgehead atoms. The van der Waals surface area contributed by atoms with Crippen molar-refractivity contribution in [3.05, 3.63) is 12.2 Å². The Morgan fingerprint density at radius 1 is 1.19 bits per heavy atom. The first-order valence-corrected chi connectivity index (χ1v) is 15.3. The fourth-order valence-electron chi connectivity index (χ4n) is 4.24. The van der Waals surface area contributed by atoms with E-state index >= 15 is 0 Å². The van der Waals surface area contributed by atoms with Crippen molar-refractivity contribution in [2.75, 3.05) is 20.3 Å². The lowest BCUT2D eigenvalue weighted by Gasteiger charge is -2.38. The number of aliphatic hydroxyl groups is 1. The van der Waals surface area contributed by atoms with Gasteiger partial charge in [-0.3, -0.25) is 4.79 Å². The van der Waals surface area contributed by atoms with Crippen molar-refractivity contribution >= 4 is 14.3 Å². The molecule has 6 nitrogen and oxygen atoms in total. The average Bonchev–Trinajstić information content (AvgIpc) is 3.02. The monoisotopic (exact) mass is 470 g/mol. The highest BCUT2D eigenvalue weighted by Crippen LogP contribution is 2.42. The van der Waals surface area contributed by atoms with Crippen molar-refractivity contribution in [3.8, 4) is 0 Å². The van der Waals surface area contributed by atoms with E-state index < -0.39 is 14.4 Å². The van der Waals surface area contributed by atoms with Crippen molar-refractivity contribution in [3.63, 3.8) is 0 Å². The van der Waals surface area contributed by atoms with Crippen LogP contribution in [0.25, 0.3) is 0 Å². The van der Waals surface area contributed by atoms with E-state index in [-0.39, 0.29) is 35.2 Å². The number of unbranched alkanes of at least 4 members (excludes halogenated alkanes) is 1. The Hall–Kier alpha value is -0.733. The number of esters is 1. The fraction of sp³-hybridized carbons (Fsp3) is 0.880. The molecular formula is C25H46O6Si. The Morgan fingerprint density at radius 2 is 1.94 bits per heavy atom. The number of hydrogen-bond acceptors (Lipinski definition) is 6. The largest absolute Gasteiger partial charge is 0.469 e. The van der Waals surface area contributed by atoms with Gasteiger partial charge in [0.2, 0.25) is 0 Å². The molecule has 1 aliphatic heterocycles. The van der Waals surface area contributed by atoms with Crippen molar-refractivity contribution in [1.82, 2.24) is 0 Å². The summed E-state index contributed by atoms with van der Waals surface area (Å²) in [6, 6.07) is 0. The van der Waals surface area contributed by atoms with Crippen LogP contribution < -0.4 is 0 Å². The van der Waals surface area contributed by atoms with Gasteiger partial charge in [0.05, 0.1) is 19.3 Å². The molecule has 7 heteroatoms. The molecule has 1 aliphatic carbocycles. The molecule has 1 heterocycles. The predicted octanol–water partition coefficient (Wildman–Crippen LogP) is 5.21. The normalized spacial score (nSPS) is 29.5. The Bertz CT molecular complexity index is 594. The third kappa shape index (κ3) is 8.24.